The number of carbonyl (C=O) groups is 1. The standard InChI is InChI=1S/C36H33N3O2S/c40-35(34(27-11-3-1-4-12-27)28-13-5-2-6-14-28)38(23-32-16-9-21-41-32)20-19-31-25-42-36-37-33(24-39(31)36)30-18-17-26-10-7-8-15-29(26)22-30/h1-8,10-15,17-18,22,24-25,32,34H,9,16,19-21,23H2. The van der Waals surface area contributed by atoms with Crippen molar-refractivity contribution in [2.75, 3.05) is 19.7 Å². The smallest absolute Gasteiger partial charge is 0.234 e. The Bertz CT molecular complexity index is 1770. The molecule has 1 unspecified atom stereocenters. The van der Waals surface area contributed by atoms with Gasteiger partial charge in [-0.15, -0.1) is 11.3 Å². The van der Waals surface area contributed by atoms with Crippen molar-refractivity contribution in [1.82, 2.24) is 14.3 Å². The molecule has 5 nitrogen and oxygen atoms in total. The SMILES string of the molecule is O=C(C(c1ccccc1)c1ccccc1)N(CCc1csc2nc(-c3ccc4ccccc4c3)cn12)CC1CCCO1. The zero-order valence-electron chi connectivity index (χ0n) is 23.4. The van der Waals surface area contributed by atoms with E-state index in [0.29, 0.717) is 13.1 Å². The maximum atomic E-state index is 14.4. The summed E-state index contributed by atoms with van der Waals surface area (Å²) in [7, 11) is 0. The fourth-order valence-electron chi connectivity index (χ4n) is 6.02. The van der Waals surface area contributed by atoms with Crippen molar-refractivity contribution in [1.29, 1.82) is 0 Å². The Morgan fingerprint density at radius 3 is 2.36 bits per heavy atom. The predicted molar refractivity (Wildman–Crippen MR) is 170 cm³/mol. The van der Waals surface area contributed by atoms with Gasteiger partial charge in [0.25, 0.3) is 0 Å². The molecule has 4 aromatic carbocycles. The first-order chi connectivity index (χ1) is 20.7. The van der Waals surface area contributed by atoms with Crippen molar-refractivity contribution in [2.24, 2.45) is 0 Å². The van der Waals surface area contributed by atoms with Gasteiger partial charge in [0.05, 0.1) is 17.7 Å². The summed E-state index contributed by atoms with van der Waals surface area (Å²) in [6.45, 7) is 1.99. The summed E-state index contributed by atoms with van der Waals surface area (Å²) in [5.41, 5.74) is 5.27. The monoisotopic (exact) mass is 571 g/mol. The summed E-state index contributed by atoms with van der Waals surface area (Å²) in [5.74, 6) is -0.235. The number of benzene rings is 4. The van der Waals surface area contributed by atoms with Crippen LogP contribution < -0.4 is 0 Å². The molecule has 0 spiro atoms. The van der Waals surface area contributed by atoms with E-state index in [0.717, 1.165) is 58.9 Å². The maximum absolute atomic E-state index is 14.4. The lowest BCUT2D eigenvalue weighted by molar-refractivity contribution is -0.133. The number of ether oxygens (including phenoxy) is 1. The molecule has 0 N–H and O–H groups in total. The van der Waals surface area contributed by atoms with Crippen molar-refractivity contribution in [3.8, 4) is 11.3 Å². The highest BCUT2D eigenvalue weighted by atomic mass is 32.1. The molecule has 1 saturated heterocycles. The van der Waals surface area contributed by atoms with Gasteiger partial charge < -0.3 is 9.64 Å². The summed E-state index contributed by atoms with van der Waals surface area (Å²) in [6, 6.07) is 35.2. The van der Waals surface area contributed by atoms with Crippen LogP contribution >= 0.6 is 11.3 Å². The maximum Gasteiger partial charge on any atom is 0.234 e. The highest BCUT2D eigenvalue weighted by Crippen LogP contribution is 2.30. The van der Waals surface area contributed by atoms with E-state index in [1.807, 2.05) is 41.3 Å². The third kappa shape index (κ3) is 5.48. The lowest BCUT2D eigenvalue weighted by Crippen LogP contribution is -2.41. The van der Waals surface area contributed by atoms with E-state index in [1.165, 1.54) is 10.8 Å². The van der Waals surface area contributed by atoms with Crippen LogP contribution in [0.5, 0.6) is 0 Å². The van der Waals surface area contributed by atoms with E-state index in [-0.39, 0.29) is 17.9 Å². The fourth-order valence-corrected chi connectivity index (χ4v) is 6.93. The molecular weight excluding hydrogens is 538 g/mol. The fraction of sp³-hybridized carbons (Fsp3) is 0.222. The Balaban J connectivity index is 1.17. The third-order valence-electron chi connectivity index (χ3n) is 8.24. The molecule has 210 valence electrons. The van der Waals surface area contributed by atoms with E-state index in [9.17, 15) is 4.79 Å². The summed E-state index contributed by atoms with van der Waals surface area (Å²) >= 11 is 1.65. The molecule has 0 saturated carbocycles. The number of thiazole rings is 1. The van der Waals surface area contributed by atoms with Crippen molar-refractivity contribution in [2.45, 2.75) is 31.3 Å². The number of fused-ring (bicyclic) bond motifs is 2. The molecular formula is C36H33N3O2S. The number of aromatic nitrogens is 2. The highest BCUT2D eigenvalue weighted by molar-refractivity contribution is 7.15. The van der Waals surface area contributed by atoms with Crippen LogP contribution in [0.4, 0.5) is 0 Å². The summed E-state index contributed by atoms with van der Waals surface area (Å²) in [4.78, 5) is 22.4. The zero-order chi connectivity index (χ0) is 28.3. The number of carbonyl (C=O) groups excluding carboxylic acids is 1. The molecule has 3 heterocycles. The molecule has 1 fully saturated rings. The van der Waals surface area contributed by atoms with Gasteiger partial charge in [0.15, 0.2) is 4.96 Å². The Labute approximate surface area is 250 Å². The van der Waals surface area contributed by atoms with Crippen LogP contribution in [0, 0.1) is 0 Å². The van der Waals surface area contributed by atoms with E-state index in [1.54, 1.807) is 11.3 Å². The van der Waals surface area contributed by atoms with Gasteiger partial charge in [-0.2, -0.15) is 0 Å². The van der Waals surface area contributed by atoms with Crippen LogP contribution in [0.1, 0.15) is 35.6 Å². The van der Waals surface area contributed by atoms with Gasteiger partial charge in [0, 0.05) is 49.0 Å². The van der Waals surface area contributed by atoms with Crippen molar-refractivity contribution < 1.29 is 9.53 Å². The molecule has 0 radical (unpaired) electrons. The van der Waals surface area contributed by atoms with Gasteiger partial charge in [-0.3, -0.25) is 9.20 Å². The second kappa shape index (κ2) is 11.9. The Morgan fingerprint density at radius 1 is 0.929 bits per heavy atom. The molecule has 1 aliphatic rings. The van der Waals surface area contributed by atoms with Crippen LogP contribution in [0.2, 0.25) is 0 Å². The highest BCUT2D eigenvalue weighted by Gasteiger charge is 2.30. The lowest BCUT2D eigenvalue weighted by atomic mass is 9.89. The second-order valence-corrected chi connectivity index (χ2v) is 11.8. The number of hydrogen-bond acceptors (Lipinski definition) is 4. The first kappa shape index (κ1) is 26.6. The van der Waals surface area contributed by atoms with Gasteiger partial charge >= 0.3 is 0 Å². The average molecular weight is 572 g/mol. The molecule has 0 bridgehead atoms. The van der Waals surface area contributed by atoms with Gasteiger partial charge in [-0.25, -0.2) is 4.98 Å². The molecule has 6 aromatic rings. The molecule has 0 aliphatic carbocycles. The van der Waals surface area contributed by atoms with Crippen molar-refractivity contribution in [3.63, 3.8) is 0 Å². The molecule has 1 atom stereocenters. The quantitative estimate of drug-likeness (QED) is 0.180. The first-order valence-electron chi connectivity index (χ1n) is 14.7. The van der Waals surface area contributed by atoms with Gasteiger partial charge in [-0.05, 0) is 40.8 Å². The van der Waals surface area contributed by atoms with Gasteiger partial charge in [0.1, 0.15) is 0 Å². The number of imidazole rings is 1. The zero-order valence-corrected chi connectivity index (χ0v) is 24.2. The molecule has 7 rings (SSSR count). The average Bonchev–Trinajstić information content (AvgIpc) is 3.79. The van der Waals surface area contributed by atoms with Crippen molar-refractivity contribution in [3.05, 3.63) is 132 Å². The van der Waals surface area contributed by atoms with E-state index < -0.39 is 0 Å². The van der Waals surface area contributed by atoms with Crippen molar-refractivity contribution >= 4 is 33.0 Å². The molecule has 2 aromatic heterocycles. The molecule has 1 amide bonds. The van der Waals surface area contributed by atoms with E-state index in [2.05, 4.69) is 82.7 Å². The Morgan fingerprint density at radius 2 is 1.64 bits per heavy atom. The molecule has 42 heavy (non-hydrogen) atoms. The minimum atomic E-state index is -0.357. The number of hydrogen-bond donors (Lipinski definition) is 0. The largest absolute Gasteiger partial charge is 0.376 e. The number of nitrogens with zero attached hydrogens (tertiary/aromatic N) is 3. The van der Waals surface area contributed by atoms with Crippen LogP contribution in [-0.4, -0.2) is 46.0 Å². The number of rotatable bonds is 9. The second-order valence-electron chi connectivity index (χ2n) is 11.0. The molecule has 1 aliphatic heterocycles. The van der Waals surface area contributed by atoms with Crippen LogP contribution in [-0.2, 0) is 16.0 Å². The first-order valence-corrected chi connectivity index (χ1v) is 15.6. The Kier molecular flexibility index (Phi) is 7.56. The van der Waals surface area contributed by atoms with E-state index in [4.69, 9.17) is 9.72 Å². The van der Waals surface area contributed by atoms with Crippen LogP contribution in [0.25, 0.3) is 27.0 Å². The summed E-state index contributed by atoms with van der Waals surface area (Å²) in [5, 5.41) is 4.61. The van der Waals surface area contributed by atoms with Crippen LogP contribution in [0.15, 0.2) is 115 Å². The minimum absolute atomic E-state index is 0.0800. The predicted octanol–water partition coefficient (Wildman–Crippen LogP) is 7.60. The summed E-state index contributed by atoms with van der Waals surface area (Å²) in [6.07, 6.45) is 4.99. The molecule has 6 heteroatoms. The normalized spacial score (nSPS) is 15.1. The lowest BCUT2D eigenvalue weighted by Gasteiger charge is -2.30. The van der Waals surface area contributed by atoms with Gasteiger partial charge in [0.2, 0.25) is 5.91 Å². The minimum Gasteiger partial charge on any atom is -0.376 e. The third-order valence-corrected chi connectivity index (χ3v) is 9.13. The topological polar surface area (TPSA) is 46.8 Å². The van der Waals surface area contributed by atoms with E-state index >= 15 is 0 Å². The Hall–Kier alpha value is -4.26. The van der Waals surface area contributed by atoms with Crippen LogP contribution in [0.3, 0.4) is 0 Å². The van der Waals surface area contributed by atoms with Gasteiger partial charge in [-0.1, -0.05) is 97.1 Å². The summed E-state index contributed by atoms with van der Waals surface area (Å²) < 4.78 is 8.20. The number of amides is 1.